The number of rotatable bonds is 8. The van der Waals surface area contributed by atoms with Crippen LogP contribution >= 0.6 is 0 Å². The number of fused-ring (bicyclic) bond motifs is 5. The second-order valence-corrected chi connectivity index (χ2v) is 16.5. The molecule has 0 saturated heterocycles. The SMILES string of the molecule is c1cc(-c2ccc(-c3ccc(-c4ccc5ccccc5c4)cc3)cc2)cc(N(c2ccc(-c3cccc4ccccc34)cc2)c2ccc(-c3cccc4c3oc3ccccc34)cc2)c1. The molecule has 0 N–H and O–H groups in total. The predicted molar refractivity (Wildman–Crippen MR) is 271 cm³/mol. The van der Waals surface area contributed by atoms with Crippen LogP contribution in [0.15, 0.2) is 253 Å². The number of furan rings is 1. The van der Waals surface area contributed by atoms with E-state index in [1.165, 1.54) is 60.5 Å². The smallest absolute Gasteiger partial charge is 0.143 e. The van der Waals surface area contributed by atoms with Crippen LogP contribution in [-0.4, -0.2) is 0 Å². The normalized spacial score (nSPS) is 11.4. The molecular formula is C62H41NO. The van der Waals surface area contributed by atoms with Gasteiger partial charge in [0.05, 0.1) is 0 Å². The summed E-state index contributed by atoms with van der Waals surface area (Å²) in [5.74, 6) is 0. The van der Waals surface area contributed by atoms with Gasteiger partial charge in [-0.15, -0.1) is 0 Å². The Kier molecular flexibility index (Phi) is 9.20. The van der Waals surface area contributed by atoms with E-state index < -0.39 is 0 Å². The number of nitrogens with zero attached hydrogens (tertiary/aromatic N) is 1. The molecular weight excluding hydrogens is 775 g/mol. The highest BCUT2D eigenvalue weighted by molar-refractivity contribution is 6.09. The van der Waals surface area contributed by atoms with Crippen molar-refractivity contribution in [2.45, 2.75) is 0 Å². The Morgan fingerprint density at radius 3 is 1.42 bits per heavy atom. The summed E-state index contributed by atoms with van der Waals surface area (Å²) in [7, 11) is 0. The summed E-state index contributed by atoms with van der Waals surface area (Å²) in [6.07, 6.45) is 0. The maximum Gasteiger partial charge on any atom is 0.143 e. The molecule has 1 aromatic heterocycles. The van der Waals surface area contributed by atoms with E-state index in [9.17, 15) is 0 Å². The minimum atomic E-state index is 0.903. The molecule has 0 radical (unpaired) electrons. The Bertz CT molecular complexity index is 3630. The molecule has 0 aliphatic rings. The molecule has 2 nitrogen and oxygen atoms in total. The fraction of sp³-hybridized carbons (Fsp3) is 0. The summed E-state index contributed by atoms with van der Waals surface area (Å²) in [5.41, 5.74) is 16.8. The van der Waals surface area contributed by atoms with Gasteiger partial charge >= 0.3 is 0 Å². The highest BCUT2D eigenvalue weighted by atomic mass is 16.3. The maximum absolute atomic E-state index is 6.44. The first-order valence-corrected chi connectivity index (χ1v) is 21.9. The Hall–Kier alpha value is -8.46. The van der Waals surface area contributed by atoms with E-state index in [1.54, 1.807) is 0 Å². The highest BCUT2D eigenvalue weighted by Gasteiger charge is 2.17. The van der Waals surface area contributed by atoms with E-state index in [2.05, 4.69) is 241 Å². The van der Waals surface area contributed by atoms with E-state index in [1.807, 2.05) is 12.1 Å². The third-order valence-electron chi connectivity index (χ3n) is 12.7. The van der Waals surface area contributed by atoms with Gasteiger partial charge in [-0.1, -0.05) is 200 Å². The number of anilines is 3. The van der Waals surface area contributed by atoms with Gasteiger partial charge in [0, 0.05) is 33.4 Å². The summed E-state index contributed by atoms with van der Waals surface area (Å²) < 4.78 is 6.44. The van der Waals surface area contributed by atoms with E-state index in [0.29, 0.717) is 0 Å². The lowest BCUT2D eigenvalue weighted by molar-refractivity contribution is 0.670. The van der Waals surface area contributed by atoms with Crippen molar-refractivity contribution < 1.29 is 4.42 Å². The molecule has 2 heteroatoms. The first-order valence-electron chi connectivity index (χ1n) is 21.9. The molecule has 0 spiro atoms. The second kappa shape index (κ2) is 15.8. The van der Waals surface area contributed by atoms with Crippen molar-refractivity contribution in [1.82, 2.24) is 0 Å². The molecule has 12 aromatic rings. The average Bonchev–Trinajstić information content (AvgIpc) is 3.76. The van der Waals surface area contributed by atoms with Gasteiger partial charge in [0.15, 0.2) is 0 Å². The Labute approximate surface area is 372 Å². The maximum atomic E-state index is 6.44. The van der Waals surface area contributed by atoms with E-state index >= 15 is 0 Å². The van der Waals surface area contributed by atoms with Crippen molar-refractivity contribution in [1.29, 1.82) is 0 Å². The standard InChI is InChI=1S/C62H41NO/c1-2-12-50-40-52(31-30-42(50)10-1)46-28-24-44(25-29-46)43-22-26-45(27-23-43)51-14-7-15-55(41-51)63(53-36-32-48(33-37-53)57-18-8-13-47-11-3-4-16-56(47)57)54-38-34-49(35-39-54)58-19-9-20-60-59-17-5-6-21-61(59)64-62(58)60/h1-41H. The predicted octanol–water partition coefficient (Wildman–Crippen LogP) is 17.7. The molecule has 0 atom stereocenters. The molecule has 0 amide bonds. The average molecular weight is 816 g/mol. The van der Waals surface area contributed by atoms with Crippen molar-refractivity contribution in [3.8, 4) is 55.6 Å². The molecule has 0 fully saturated rings. The fourth-order valence-corrected chi connectivity index (χ4v) is 9.38. The van der Waals surface area contributed by atoms with Crippen LogP contribution in [0.3, 0.4) is 0 Å². The van der Waals surface area contributed by atoms with Gasteiger partial charge in [0.1, 0.15) is 11.2 Å². The molecule has 0 aliphatic heterocycles. The lowest BCUT2D eigenvalue weighted by atomic mass is 9.97. The number of hydrogen-bond donors (Lipinski definition) is 0. The fourth-order valence-electron chi connectivity index (χ4n) is 9.38. The first-order chi connectivity index (χ1) is 31.7. The van der Waals surface area contributed by atoms with E-state index in [0.717, 1.165) is 55.7 Å². The van der Waals surface area contributed by atoms with Gasteiger partial charge in [-0.2, -0.15) is 0 Å². The quantitative estimate of drug-likeness (QED) is 0.152. The highest BCUT2D eigenvalue weighted by Crippen LogP contribution is 2.41. The summed E-state index contributed by atoms with van der Waals surface area (Å²) in [5, 5.41) is 7.27. The third-order valence-corrected chi connectivity index (χ3v) is 12.7. The monoisotopic (exact) mass is 815 g/mol. The Balaban J connectivity index is 0.882. The van der Waals surface area contributed by atoms with E-state index in [-0.39, 0.29) is 0 Å². The van der Waals surface area contributed by atoms with Gasteiger partial charge in [0.2, 0.25) is 0 Å². The zero-order valence-corrected chi connectivity index (χ0v) is 35.0. The number of hydrogen-bond acceptors (Lipinski definition) is 2. The van der Waals surface area contributed by atoms with Crippen LogP contribution in [0.1, 0.15) is 0 Å². The van der Waals surface area contributed by atoms with Crippen LogP contribution in [0.25, 0.3) is 99.1 Å². The van der Waals surface area contributed by atoms with E-state index in [4.69, 9.17) is 4.42 Å². The Morgan fingerprint density at radius 1 is 0.250 bits per heavy atom. The second-order valence-electron chi connectivity index (χ2n) is 16.5. The first kappa shape index (κ1) is 37.3. The molecule has 0 saturated carbocycles. The largest absolute Gasteiger partial charge is 0.455 e. The summed E-state index contributed by atoms with van der Waals surface area (Å²) in [6.45, 7) is 0. The summed E-state index contributed by atoms with van der Waals surface area (Å²) in [6, 6.07) is 89.6. The molecule has 11 aromatic carbocycles. The molecule has 0 aliphatic carbocycles. The van der Waals surface area contributed by atoms with Crippen LogP contribution in [0.2, 0.25) is 0 Å². The van der Waals surface area contributed by atoms with Crippen LogP contribution in [0.4, 0.5) is 17.1 Å². The molecule has 64 heavy (non-hydrogen) atoms. The zero-order valence-electron chi connectivity index (χ0n) is 35.0. The number of benzene rings is 11. The zero-order chi connectivity index (χ0) is 42.4. The van der Waals surface area contributed by atoms with Crippen molar-refractivity contribution in [2.24, 2.45) is 0 Å². The van der Waals surface area contributed by atoms with Gasteiger partial charge in [-0.25, -0.2) is 0 Å². The van der Waals surface area contributed by atoms with Crippen LogP contribution in [0.5, 0.6) is 0 Å². The molecule has 1 heterocycles. The van der Waals surface area contributed by atoms with Crippen LogP contribution in [0, 0.1) is 0 Å². The summed E-state index contributed by atoms with van der Waals surface area (Å²) >= 11 is 0. The Morgan fingerprint density at radius 2 is 0.719 bits per heavy atom. The lowest BCUT2D eigenvalue weighted by Crippen LogP contribution is -2.10. The van der Waals surface area contributed by atoms with Gasteiger partial charge in [0.25, 0.3) is 0 Å². The molecule has 0 unspecified atom stereocenters. The minimum absolute atomic E-state index is 0.903. The van der Waals surface area contributed by atoms with Crippen molar-refractivity contribution in [2.75, 3.05) is 4.90 Å². The van der Waals surface area contributed by atoms with Gasteiger partial charge in [-0.3, -0.25) is 0 Å². The van der Waals surface area contributed by atoms with Crippen molar-refractivity contribution >= 4 is 60.5 Å². The van der Waals surface area contributed by atoms with Gasteiger partial charge in [-0.05, 0) is 120 Å². The van der Waals surface area contributed by atoms with Crippen molar-refractivity contribution in [3.05, 3.63) is 249 Å². The minimum Gasteiger partial charge on any atom is -0.455 e. The molecule has 300 valence electrons. The summed E-state index contributed by atoms with van der Waals surface area (Å²) in [4.78, 5) is 2.35. The van der Waals surface area contributed by atoms with Crippen molar-refractivity contribution in [3.63, 3.8) is 0 Å². The molecule has 12 rings (SSSR count). The molecule has 0 bridgehead atoms. The topological polar surface area (TPSA) is 16.4 Å². The van der Waals surface area contributed by atoms with Crippen LogP contribution < -0.4 is 4.90 Å². The lowest BCUT2D eigenvalue weighted by Gasteiger charge is -2.26. The van der Waals surface area contributed by atoms with Gasteiger partial charge < -0.3 is 9.32 Å². The van der Waals surface area contributed by atoms with Crippen LogP contribution in [-0.2, 0) is 0 Å². The number of para-hydroxylation sites is 2. The third kappa shape index (κ3) is 6.79.